The van der Waals surface area contributed by atoms with Crippen LogP contribution in [0, 0.1) is 5.92 Å². The van der Waals surface area contributed by atoms with Crippen LogP contribution >= 0.6 is 0 Å². The summed E-state index contributed by atoms with van der Waals surface area (Å²) in [6.07, 6.45) is 7.37. The molecule has 1 N–H and O–H groups in total. The number of aromatic nitrogens is 2. The van der Waals surface area contributed by atoms with Crippen LogP contribution in [0.15, 0.2) is 18.7 Å². The van der Waals surface area contributed by atoms with Gasteiger partial charge < -0.3 is 43.3 Å². The van der Waals surface area contributed by atoms with Gasteiger partial charge in [0.15, 0.2) is 6.04 Å². The topological polar surface area (TPSA) is 194 Å². The third kappa shape index (κ3) is 16.4. The molecule has 3 fully saturated rings. The number of carboxylic acids is 1. The SMILES string of the molecule is CC(C)(C)OC(=O)N1CCN(C(=O)OC(C)(C)C)C(C(=O)N2CCC(CCCn3ccnc3)CC2)C1.CC(C)(C)OC(=O)N1CCN(C(=O)OC(C)(C)C)C(C(=O)O)C1. The predicted molar refractivity (Wildman–Crippen MR) is 217 cm³/mol. The molecule has 4 heterocycles. The quantitative estimate of drug-likeness (QED) is 0.345. The Morgan fingerprint density at radius 3 is 1.42 bits per heavy atom. The molecule has 3 saturated heterocycles. The summed E-state index contributed by atoms with van der Waals surface area (Å²) < 4.78 is 23.7. The highest BCUT2D eigenvalue weighted by Crippen LogP contribution is 2.26. The van der Waals surface area contributed by atoms with E-state index in [0.29, 0.717) is 19.0 Å². The van der Waals surface area contributed by atoms with Gasteiger partial charge in [-0.05, 0) is 115 Å². The fourth-order valence-corrected chi connectivity index (χ4v) is 6.69. The molecule has 3 aliphatic rings. The predicted octanol–water partition coefficient (Wildman–Crippen LogP) is 5.69. The van der Waals surface area contributed by atoms with Crippen LogP contribution in [-0.2, 0) is 35.1 Å². The zero-order valence-corrected chi connectivity index (χ0v) is 37.3. The standard InChI is InChI=1S/C26H43N5O5.C15H26N2O6/c1-25(2,3)35-23(33)30-16-17-31(24(34)36-26(4,5)6)21(18-30)22(32)29-13-9-20(10-14-29)8-7-12-28-15-11-27-19-28;1-14(2,3)22-12(20)16-7-8-17(10(9-16)11(18)19)13(21)23-15(4,5)6/h11,15,19-21H,7-10,12-14,16-18H2,1-6H3;10H,7-9H2,1-6H3,(H,18,19). The first-order chi connectivity index (χ1) is 27.1. The van der Waals surface area contributed by atoms with E-state index in [1.165, 1.54) is 14.7 Å². The van der Waals surface area contributed by atoms with Crippen molar-refractivity contribution < 1.29 is 52.8 Å². The number of imidazole rings is 1. The summed E-state index contributed by atoms with van der Waals surface area (Å²) in [6.45, 7) is 24.1. The van der Waals surface area contributed by atoms with E-state index >= 15 is 0 Å². The molecule has 59 heavy (non-hydrogen) atoms. The minimum Gasteiger partial charge on any atom is -0.480 e. The summed E-state index contributed by atoms with van der Waals surface area (Å²) in [4.78, 5) is 86.4. The Hall–Kier alpha value is -4.77. The lowest BCUT2D eigenvalue weighted by molar-refractivity contribution is -0.145. The van der Waals surface area contributed by atoms with E-state index in [0.717, 1.165) is 37.1 Å². The molecule has 5 amide bonds. The first-order valence-corrected chi connectivity index (χ1v) is 20.5. The molecule has 4 rings (SSSR count). The van der Waals surface area contributed by atoms with E-state index in [-0.39, 0.29) is 45.2 Å². The number of rotatable bonds is 6. The second-order valence-electron chi connectivity index (χ2n) is 19.3. The van der Waals surface area contributed by atoms with Crippen molar-refractivity contribution in [1.82, 2.24) is 34.1 Å². The van der Waals surface area contributed by atoms with Crippen molar-refractivity contribution in [3.05, 3.63) is 18.7 Å². The van der Waals surface area contributed by atoms with Crippen molar-refractivity contribution in [2.75, 3.05) is 52.4 Å². The van der Waals surface area contributed by atoms with Crippen molar-refractivity contribution in [3.63, 3.8) is 0 Å². The smallest absolute Gasteiger partial charge is 0.411 e. The van der Waals surface area contributed by atoms with Gasteiger partial charge in [-0.25, -0.2) is 29.0 Å². The number of carbonyl (C=O) groups excluding carboxylic acids is 5. The van der Waals surface area contributed by atoms with Gasteiger partial charge in [0.25, 0.3) is 0 Å². The Kier molecular flexibility index (Phi) is 16.5. The van der Waals surface area contributed by atoms with Gasteiger partial charge >= 0.3 is 30.3 Å². The van der Waals surface area contributed by atoms with Crippen molar-refractivity contribution in [3.8, 4) is 0 Å². The third-order valence-electron chi connectivity index (χ3n) is 9.40. The molecule has 1 aromatic heterocycles. The molecule has 3 aliphatic heterocycles. The van der Waals surface area contributed by atoms with Crippen LogP contribution in [0.1, 0.15) is 109 Å². The molecule has 0 spiro atoms. The largest absolute Gasteiger partial charge is 0.480 e. The van der Waals surface area contributed by atoms with Crippen LogP contribution in [0.5, 0.6) is 0 Å². The zero-order valence-electron chi connectivity index (χ0n) is 37.3. The van der Waals surface area contributed by atoms with Crippen LogP contribution in [0.3, 0.4) is 0 Å². The lowest BCUT2D eigenvalue weighted by Crippen LogP contribution is -2.63. The number of nitrogens with zero attached hydrogens (tertiary/aromatic N) is 7. The molecule has 0 aromatic carbocycles. The van der Waals surface area contributed by atoms with Crippen LogP contribution in [0.4, 0.5) is 19.2 Å². The lowest BCUT2D eigenvalue weighted by atomic mass is 9.91. The number of aryl methyl sites for hydroxylation is 1. The molecular formula is C41H69N7O11. The van der Waals surface area contributed by atoms with Gasteiger partial charge in [0.05, 0.1) is 19.4 Å². The highest BCUT2D eigenvalue weighted by molar-refractivity contribution is 5.87. The molecule has 18 heteroatoms. The first-order valence-electron chi connectivity index (χ1n) is 20.5. The molecule has 2 unspecified atom stereocenters. The van der Waals surface area contributed by atoms with Gasteiger partial charge in [0.2, 0.25) is 5.91 Å². The molecule has 334 valence electrons. The second-order valence-corrected chi connectivity index (χ2v) is 19.3. The number of hydrogen-bond acceptors (Lipinski definition) is 11. The van der Waals surface area contributed by atoms with Crippen LogP contribution in [0.2, 0.25) is 0 Å². The van der Waals surface area contributed by atoms with Crippen molar-refractivity contribution in [2.45, 2.75) is 150 Å². The number of carbonyl (C=O) groups is 6. The van der Waals surface area contributed by atoms with Gasteiger partial charge in [-0.1, -0.05) is 0 Å². The number of likely N-dealkylation sites (tertiary alicyclic amines) is 1. The highest BCUT2D eigenvalue weighted by Gasteiger charge is 2.43. The summed E-state index contributed by atoms with van der Waals surface area (Å²) >= 11 is 0. The van der Waals surface area contributed by atoms with Crippen LogP contribution in [-0.4, -0.2) is 162 Å². The molecule has 0 bridgehead atoms. The van der Waals surface area contributed by atoms with Gasteiger partial charge in [-0.15, -0.1) is 0 Å². The minimum absolute atomic E-state index is 0.0745. The highest BCUT2D eigenvalue weighted by atomic mass is 16.6. The average molecular weight is 836 g/mol. The van der Waals surface area contributed by atoms with Gasteiger partial charge in [-0.2, -0.15) is 0 Å². The number of amides is 5. The third-order valence-corrected chi connectivity index (χ3v) is 9.40. The maximum Gasteiger partial charge on any atom is 0.411 e. The van der Waals surface area contributed by atoms with Gasteiger partial charge in [-0.3, -0.25) is 14.6 Å². The average Bonchev–Trinajstić information content (AvgIpc) is 3.62. The summed E-state index contributed by atoms with van der Waals surface area (Å²) in [6, 6.07) is -1.95. The Morgan fingerprint density at radius 2 is 1.02 bits per heavy atom. The Bertz CT molecular complexity index is 1580. The molecule has 0 radical (unpaired) electrons. The summed E-state index contributed by atoms with van der Waals surface area (Å²) in [5.41, 5.74) is -2.71. The number of hydrogen-bond donors (Lipinski definition) is 1. The van der Waals surface area contributed by atoms with E-state index in [1.807, 2.05) is 38.2 Å². The zero-order chi connectivity index (χ0) is 44.5. The fourth-order valence-electron chi connectivity index (χ4n) is 6.69. The summed E-state index contributed by atoms with van der Waals surface area (Å²) in [7, 11) is 0. The molecular weight excluding hydrogens is 766 g/mol. The molecule has 2 atom stereocenters. The van der Waals surface area contributed by atoms with E-state index in [2.05, 4.69) is 9.55 Å². The number of ether oxygens (including phenoxy) is 4. The second kappa shape index (κ2) is 20.0. The van der Waals surface area contributed by atoms with Crippen molar-refractivity contribution >= 4 is 36.2 Å². The van der Waals surface area contributed by atoms with Gasteiger partial charge in [0.1, 0.15) is 28.4 Å². The van der Waals surface area contributed by atoms with E-state index in [9.17, 15) is 33.9 Å². The van der Waals surface area contributed by atoms with Crippen LogP contribution in [0.25, 0.3) is 0 Å². The van der Waals surface area contributed by atoms with E-state index in [4.69, 9.17) is 18.9 Å². The Morgan fingerprint density at radius 1 is 0.593 bits per heavy atom. The summed E-state index contributed by atoms with van der Waals surface area (Å²) in [5, 5.41) is 9.36. The van der Waals surface area contributed by atoms with Crippen molar-refractivity contribution in [1.29, 1.82) is 0 Å². The first kappa shape index (κ1) is 48.6. The molecule has 0 aliphatic carbocycles. The van der Waals surface area contributed by atoms with Crippen molar-refractivity contribution in [2.24, 2.45) is 5.92 Å². The van der Waals surface area contributed by atoms with Gasteiger partial charge in [0, 0.05) is 58.2 Å². The number of carboxylic acid groups (broad SMARTS) is 1. The Labute approximate surface area is 349 Å². The minimum atomic E-state index is -1.19. The number of piperazine rings is 2. The molecule has 18 nitrogen and oxygen atoms in total. The fraction of sp³-hybridized carbons (Fsp3) is 0.780. The lowest BCUT2D eigenvalue weighted by Gasteiger charge is -2.43. The van der Waals surface area contributed by atoms with E-state index in [1.54, 1.807) is 68.5 Å². The normalized spacial score (nSPS) is 19.6. The number of aliphatic carboxylic acids is 1. The monoisotopic (exact) mass is 836 g/mol. The molecule has 0 saturated carbocycles. The maximum absolute atomic E-state index is 13.7. The number of piperidine rings is 1. The summed E-state index contributed by atoms with van der Waals surface area (Å²) in [5.74, 6) is -0.751. The molecule has 1 aromatic rings. The Balaban J connectivity index is 0.000000349. The maximum atomic E-state index is 13.7. The van der Waals surface area contributed by atoms with E-state index < -0.39 is 64.8 Å². The van der Waals surface area contributed by atoms with Crippen LogP contribution < -0.4 is 0 Å².